The van der Waals surface area contributed by atoms with E-state index in [0.29, 0.717) is 6.42 Å². The summed E-state index contributed by atoms with van der Waals surface area (Å²) >= 11 is 5.42. The van der Waals surface area contributed by atoms with Crippen molar-refractivity contribution in [3.63, 3.8) is 0 Å². The minimum absolute atomic E-state index is 0.104. The number of hydrogen-bond acceptors (Lipinski definition) is 3. The van der Waals surface area contributed by atoms with E-state index >= 15 is 0 Å². The second kappa shape index (κ2) is 6.02. The van der Waals surface area contributed by atoms with Crippen LogP contribution >= 0.6 is 11.6 Å². The zero-order valence-corrected chi connectivity index (χ0v) is 11.0. The van der Waals surface area contributed by atoms with Crippen molar-refractivity contribution in [1.29, 1.82) is 0 Å². The summed E-state index contributed by atoms with van der Waals surface area (Å²) in [5.74, 6) is -0.941. The first-order valence-electron chi connectivity index (χ1n) is 5.20. The third kappa shape index (κ3) is 3.20. The van der Waals surface area contributed by atoms with Gasteiger partial charge < -0.3 is 0 Å². The maximum Gasteiger partial charge on any atom is 0.266 e. The van der Waals surface area contributed by atoms with Gasteiger partial charge in [-0.05, 0) is 18.6 Å². The first kappa shape index (κ1) is 14.0. The minimum Gasteiger partial charge on any atom is -0.272 e. The molecule has 0 bridgehead atoms. The number of alkyl halides is 1. The van der Waals surface area contributed by atoms with Gasteiger partial charge >= 0.3 is 0 Å². The van der Waals surface area contributed by atoms with Gasteiger partial charge in [0.1, 0.15) is 5.88 Å². The molecule has 1 aromatic carbocycles. The number of carbonyl (C=O) groups excluding carboxylic acids is 1. The average molecular weight is 276 g/mol. The second-order valence-electron chi connectivity index (χ2n) is 3.42. The third-order valence-electron chi connectivity index (χ3n) is 2.15. The fraction of sp³-hybridized carbons (Fsp3) is 0.364. The lowest BCUT2D eigenvalue weighted by Gasteiger charge is -2.20. The Morgan fingerprint density at radius 3 is 2.35 bits per heavy atom. The molecule has 0 saturated heterocycles. The first-order chi connectivity index (χ1) is 8.04. The Morgan fingerprint density at radius 1 is 1.29 bits per heavy atom. The summed E-state index contributed by atoms with van der Waals surface area (Å²) in [7, 11) is -3.78. The molecule has 1 amide bonds. The van der Waals surface area contributed by atoms with Gasteiger partial charge in [0, 0.05) is 6.54 Å². The molecule has 0 heterocycles. The monoisotopic (exact) mass is 275 g/mol. The molecule has 0 unspecified atom stereocenters. The highest BCUT2D eigenvalue weighted by atomic mass is 35.5. The lowest BCUT2D eigenvalue weighted by atomic mass is 10.4. The van der Waals surface area contributed by atoms with Crippen LogP contribution in [-0.2, 0) is 14.8 Å². The lowest BCUT2D eigenvalue weighted by Crippen LogP contribution is -2.38. The van der Waals surface area contributed by atoms with E-state index in [9.17, 15) is 13.2 Å². The highest BCUT2D eigenvalue weighted by Gasteiger charge is 2.27. The van der Waals surface area contributed by atoms with Gasteiger partial charge in [0.05, 0.1) is 4.90 Å². The fourth-order valence-electron chi connectivity index (χ4n) is 1.37. The van der Waals surface area contributed by atoms with E-state index in [0.717, 1.165) is 4.31 Å². The third-order valence-corrected chi connectivity index (χ3v) is 4.21. The Balaban J connectivity index is 3.14. The van der Waals surface area contributed by atoms with Crippen molar-refractivity contribution in [1.82, 2.24) is 4.31 Å². The van der Waals surface area contributed by atoms with Crippen molar-refractivity contribution in [2.75, 3.05) is 12.4 Å². The normalized spacial score (nSPS) is 11.2. The van der Waals surface area contributed by atoms with Gasteiger partial charge in [0.25, 0.3) is 15.9 Å². The fourth-order valence-corrected chi connectivity index (χ4v) is 3.09. The largest absolute Gasteiger partial charge is 0.272 e. The van der Waals surface area contributed by atoms with Crippen molar-refractivity contribution < 1.29 is 13.2 Å². The van der Waals surface area contributed by atoms with Gasteiger partial charge in [-0.25, -0.2) is 12.7 Å². The Morgan fingerprint density at radius 2 is 1.88 bits per heavy atom. The summed E-state index contributed by atoms with van der Waals surface area (Å²) < 4.78 is 25.2. The summed E-state index contributed by atoms with van der Waals surface area (Å²) in [6.07, 6.45) is 0.550. The average Bonchev–Trinajstić information content (AvgIpc) is 2.36. The van der Waals surface area contributed by atoms with E-state index < -0.39 is 15.9 Å². The molecule has 0 aromatic heterocycles. The van der Waals surface area contributed by atoms with Gasteiger partial charge in [0.15, 0.2) is 0 Å². The molecule has 0 radical (unpaired) electrons. The number of amides is 1. The molecule has 17 heavy (non-hydrogen) atoms. The molecule has 94 valence electrons. The van der Waals surface area contributed by atoms with Crippen molar-refractivity contribution >= 4 is 27.5 Å². The molecular formula is C11H14ClNO3S. The van der Waals surface area contributed by atoms with Crippen LogP contribution in [0.3, 0.4) is 0 Å². The van der Waals surface area contributed by atoms with E-state index in [4.69, 9.17) is 11.6 Å². The lowest BCUT2D eigenvalue weighted by molar-refractivity contribution is -0.123. The van der Waals surface area contributed by atoms with Crippen LogP contribution in [0.1, 0.15) is 13.3 Å². The van der Waals surface area contributed by atoms with Crippen LogP contribution in [0.2, 0.25) is 0 Å². The SMILES string of the molecule is CCCN(C(=O)CCl)S(=O)(=O)c1ccccc1. The van der Waals surface area contributed by atoms with Gasteiger partial charge in [-0.15, -0.1) is 11.6 Å². The molecule has 0 atom stereocenters. The van der Waals surface area contributed by atoms with Gasteiger partial charge in [-0.3, -0.25) is 4.79 Å². The van der Waals surface area contributed by atoms with E-state index in [1.807, 2.05) is 0 Å². The van der Waals surface area contributed by atoms with Crippen LogP contribution < -0.4 is 0 Å². The van der Waals surface area contributed by atoms with Crippen LogP contribution in [0.15, 0.2) is 35.2 Å². The van der Waals surface area contributed by atoms with Crippen molar-refractivity contribution in [2.45, 2.75) is 18.2 Å². The highest BCUT2D eigenvalue weighted by molar-refractivity contribution is 7.89. The summed E-state index contributed by atoms with van der Waals surface area (Å²) in [5, 5.41) is 0. The van der Waals surface area contributed by atoms with E-state index in [1.54, 1.807) is 25.1 Å². The molecule has 0 aliphatic carbocycles. The van der Waals surface area contributed by atoms with Gasteiger partial charge in [-0.1, -0.05) is 25.1 Å². The van der Waals surface area contributed by atoms with Gasteiger partial charge in [0.2, 0.25) is 0 Å². The zero-order chi connectivity index (χ0) is 12.9. The molecule has 1 rings (SSSR count). The summed E-state index contributed by atoms with van der Waals surface area (Å²) in [6.45, 7) is 1.94. The molecule has 1 aromatic rings. The zero-order valence-electron chi connectivity index (χ0n) is 9.47. The Labute approximate surface area is 106 Å². The standard InChI is InChI=1S/C11H14ClNO3S/c1-2-8-13(11(14)9-12)17(15,16)10-6-4-3-5-7-10/h3-7H,2,8-9H2,1H3. The molecule has 0 saturated carbocycles. The highest BCUT2D eigenvalue weighted by Crippen LogP contribution is 2.16. The molecule has 0 aliphatic rings. The Hall–Kier alpha value is -1.07. The number of carbonyl (C=O) groups is 1. The molecule has 0 spiro atoms. The van der Waals surface area contributed by atoms with Crippen LogP contribution in [0, 0.1) is 0 Å². The number of benzene rings is 1. The number of halogens is 1. The molecule has 4 nitrogen and oxygen atoms in total. The van der Waals surface area contributed by atoms with Crippen molar-refractivity contribution in [3.8, 4) is 0 Å². The Bertz CT molecular complexity index is 473. The summed E-state index contributed by atoms with van der Waals surface area (Å²) in [5.41, 5.74) is 0. The van der Waals surface area contributed by atoms with Crippen LogP contribution in [0.4, 0.5) is 0 Å². The topological polar surface area (TPSA) is 54.5 Å². The summed E-state index contributed by atoms with van der Waals surface area (Å²) in [6, 6.07) is 7.86. The number of sulfonamides is 1. The predicted molar refractivity (Wildman–Crippen MR) is 66.4 cm³/mol. The second-order valence-corrected chi connectivity index (χ2v) is 5.55. The van der Waals surface area contributed by atoms with Crippen molar-refractivity contribution in [2.24, 2.45) is 0 Å². The number of rotatable bonds is 5. The molecule has 0 fully saturated rings. The smallest absolute Gasteiger partial charge is 0.266 e. The molecule has 6 heteroatoms. The first-order valence-corrected chi connectivity index (χ1v) is 7.18. The van der Waals surface area contributed by atoms with Gasteiger partial charge in [-0.2, -0.15) is 0 Å². The maximum atomic E-state index is 12.2. The predicted octanol–water partition coefficient (Wildman–Crippen LogP) is 1.85. The number of hydrogen-bond donors (Lipinski definition) is 0. The number of nitrogens with zero attached hydrogens (tertiary/aromatic N) is 1. The minimum atomic E-state index is -3.78. The maximum absolute atomic E-state index is 12.2. The molecular weight excluding hydrogens is 262 g/mol. The molecule has 0 aliphatic heterocycles. The van der Waals surface area contributed by atoms with Crippen LogP contribution in [0.25, 0.3) is 0 Å². The molecule has 0 N–H and O–H groups in total. The van der Waals surface area contributed by atoms with Crippen molar-refractivity contribution in [3.05, 3.63) is 30.3 Å². The quantitative estimate of drug-likeness (QED) is 0.771. The van der Waals surface area contributed by atoms with E-state index in [-0.39, 0.29) is 17.3 Å². The van der Waals surface area contributed by atoms with E-state index in [1.165, 1.54) is 12.1 Å². The Kier molecular flexibility index (Phi) is 4.96. The van der Waals surface area contributed by atoms with E-state index in [2.05, 4.69) is 0 Å². The summed E-state index contributed by atoms with van der Waals surface area (Å²) in [4.78, 5) is 11.6. The van der Waals surface area contributed by atoms with Crippen LogP contribution in [0.5, 0.6) is 0 Å². The van der Waals surface area contributed by atoms with Crippen LogP contribution in [-0.4, -0.2) is 31.1 Å².